The second-order valence-corrected chi connectivity index (χ2v) is 5.09. The van der Waals surface area contributed by atoms with Gasteiger partial charge in [-0.3, -0.25) is 4.55 Å². The smallest absolute Gasteiger partial charge is 0.261 e. The zero-order valence-corrected chi connectivity index (χ0v) is 10.4. The molecular weight excluding hydrogens is 246 g/mol. The van der Waals surface area contributed by atoms with Gasteiger partial charge in [0.25, 0.3) is 10.1 Å². The molecule has 0 aliphatic rings. The van der Waals surface area contributed by atoms with Crippen molar-refractivity contribution in [1.82, 2.24) is 0 Å². The first-order chi connectivity index (χ1) is 7.61. The molecule has 0 aliphatic heterocycles. The molecule has 0 bridgehead atoms. The maximum absolute atomic E-state index is 9.48. The fourth-order valence-corrected chi connectivity index (χ4v) is 0.975. The van der Waals surface area contributed by atoms with Crippen LogP contribution in [0.3, 0.4) is 0 Å². The minimum absolute atomic E-state index is 0.190. The van der Waals surface area contributed by atoms with Gasteiger partial charge >= 0.3 is 0 Å². The molecule has 1 aromatic carbocycles. The molecule has 2 atom stereocenters. The van der Waals surface area contributed by atoms with Crippen LogP contribution in [0.4, 0.5) is 0 Å². The average Bonchev–Trinajstić information content (AvgIpc) is 2.15. The van der Waals surface area contributed by atoms with Crippen LogP contribution in [0, 0.1) is 0 Å². The van der Waals surface area contributed by atoms with Gasteiger partial charge in [-0.1, -0.05) is 12.1 Å². The Morgan fingerprint density at radius 1 is 1.24 bits per heavy atom. The van der Waals surface area contributed by atoms with E-state index in [1.54, 1.807) is 19.1 Å². The van der Waals surface area contributed by atoms with Gasteiger partial charge in [-0.15, -0.1) is 0 Å². The van der Waals surface area contributed by atoms with E-state index in [4.69, 9.17) is 15.4 Å². The largest absolute Gasteiger partial charge is 0.508 e. The first-order valence-electron chi connectivity index (χ1n) is 4.76. The number of phenolic OH excluding ortho intramolecular Hbond substituents is 1. The number of rotatable bonds is 2. The van der Waals surface area contributed by atoms with Crippen molar-refractivity contribution in [2.45, 2.75) is 19.1 Å². The fourth-order valence-electron chi connectivity index (χ4n) is 0.975. The molecule has 17 heavy (non-hydrogen) atoms. The molecule has 0 fully saturated rings. The summed E-state index contributed by atoms with van der Waals surface area (Å²) < 4.78 is 25.9. The van der Waals surface area contributed by atoms with Crippen LogP contribution < -0.4 is 5.73 Å². The Balaban J connectivity index is 0.000000437. The van der Waals surface area contributed by atoms with Gasteiger partial charge in [0, 0.05) is 6.04 Å². The summed E-state index contributed by atoms with van der Waals surface area (Å²) in [6, 6.07) is 6.07. The number of aliphatic hydroxyl groups is 1. The summed E-state index contributed by atoms with van der Waals surface area (Å²) in [6.07, 6.45) is 0.0538. The zero-order chi connectivity index (χ0) is 13.6. The van der Waals surface area contributed by atoms with Crippen LogP contribution in [-0.2, 0) is 10.1 Å². The predicted octanol–water partition coefficient (Wildman–Crippen LogP) is 0.277. The first kappa shape index (κ1) is 15.9. The van der Waals surface area contributed by atoms with E-state index in [1.807, 2.05) is 0 Å². The summed E-state index contributed by atoms with van der Waals surface area (Å²) in [4.78, 5) is 0. The molecule has 0 saturated carbocycles. The molecule has 98 valence electrons. The van der Waals surface area contributed by atoms with E-state index in [1.165, 1.54) is 12.1 Å². The lowest BCUT2D eigenvalue weighted by atomic mass is 10.0. The Hall–Kier alpha value is -1.15. The van der Waals surface area contributed by atoms with Crippen LogP contribution in [0.15, 0.2) is 24.3 Å². The zero-order valence-electron chi connectivity index (χ0n) is 9.61. The lowest BCUT2D eigenvalue weighted by molar-refractivity contribution is 0.153. The highest BCUT2D eigenvalue weighted by molar-refractivity contribution is 7.85. The summed E-state index contributed by atoms with van der Waals surface area (Å²) in [5.74, 6) is 0.190. The second kappa shape index (κ2) is 6.55. The third-order valence-corrected chi connectivity index (χ3v) is 1.73. The lowest BCUT2D eigenvalue weighted by Crippen LogP contribution is -2.24. The minimum atomic E-state index is -3.67. The molecular formula is C10H17NO5S. The Bertz CT molecular complexity index is 419. The molecule has 0 aromatic heterocycles. The van der Waals surface area contributed by atoms with Crippen LogP contribution in [0.25, 0.3) is 0 Å². The number of aliphatic hydroxyl groups excluding tert-OH is 1. The summed E-state index contributed by atoms with van der Waals surface area (Å²) in [5, 5.41) is 18.4. The van der Waals surface area contributed by atoms with E-state index in [2.05, 4.69) is 0 Å². The Morgan fingerprint density at radius 2 is 1.59 bits per heavy atom. The van der Waals surface area contributed by atoms with E-state index in [0.29, 0.717) is 6.26 Å². The van der Waals surface area contributed by atoms with E-state index < -0.39 is 16.2 Å². The number of nitrogens with two attached hydrogens (primary N) is 1. The molecule has 0 aliphatic carbocycles. The van der Waals surface area contributed by atoms with Gasteiger partial charge in [-0.05, 0) is 24.6 Å². The number of benzene rings is 1. The van der Waals surface area contributed by atoms with Gasteiger partial charge in [0.2, 0.25) is 0 Å². The van der Waals surface area contributed by atoms with Crippen molar-refractivity contribution >= 4 is 10.1 Å². The molecule has 6 nitrogen and oxygen atoms in total. The summed E-state index contributed by atoms with van der Waals surface area (Å²) in [7, 11) is -3.67. The number of hydrogen-bond donors (Lipinski definition) is 4. The topological polar surface area (TPSA) is 121 Å². The van der Waals surface area contributed by atoms with Gasteiger partial charge in [0.1, 0.15) is 5.75 Å². The van der Waals surface area contributed by atoms with Gasteiger partial charge in [0.05, 0.1) is 12.4 Å². The summed E-state index contributed by atoms with van der Waals surface area (Å²) in [6.45, 7) is 1.73. The monoisotopic (exact) mass is 263 g/mol. The van der Waals surface area contributed by atoms with Crippen LogP contribution in [0.5, 0.6) is 5.75 Å². The molecule has 0 amide bonds. The highest BCUT2D eigenvalue weighted by Gasteiger charge is 2.11. The predicted molar refractivity (Wildman–Crippen MR) is 64.2 cm³/mol. The lowest BCUT2D eigenvalue weighted by Gasteiger charge is -2.14. The highest BCUT2D eigenvalue weighted by atomic mass is 32.2. The van der Waals surface area contributed by atoms with Crippen molar-refractivity contribution in [1.29, 1.82) is 0 Å². The quantitative estimate of drug-likeness (QED) is 0.569. The molecule has 7 heteroatoms. The summed E-state index contributed by atoms with van der Waals surface area (Å²) in [5.41, 5.74) is 6.22. The van der Waals surface area contributed by atoms with Crippen molar-refractivity contribution in [3.63, 3.8) is 0 Å². The first-order valence-corrected chi connectivity index (χ1v) is 6.61. The average molecular weight is 263 g/mol. The van der Waals surface area contributed by atoms with Crippen molar-refractivity contribution in [3.05, 3.63) is 29.8 Å². The molecule has 0 radical (unpaired) electrons. The Morgan fingerprint density at radius 3 is 1.88 bits per heavy atom. The Kier molecular flexibility index (Phi) is 6.11. The van der Waals surface area contributed by atoms with E-state index in [0.717, 1.165) is 5.56 Å². The minimum Gasteiger partial charge on any atom is -0.508 e. The van der Waals surface area contributed by atoms with Crippen molar-refractivity contribution in [3.8, 4) is 5.75 Å². The van der Waals surface area contributed by atoms with Crippen LogP contribution >= 0.6 is 0 Å². The van der Waals surface area contributed by atoms with E-state index in [9.17, 15) is 13.5 Å². The SMILES string of the molecule is CS(=O)(=O)O.C[C@H](N)[C@H](O)c1ccc(O)cc1. The molecule has 0 unspecified atom stereocenters. The van der Waals surface area contributed by atoms with Crippen molar-refractivity contribution in [2.75, 3.05) is 6.26 Å². The molecule has 0 heterocycles. The van der Waals surface area contributed by atoms with Gasteiger partial charge < -0.3 is 15.9 Å². The van der Waals surface area contributed by atoms with Crippen LogP contribution in [0.1, 0.15) is 18.6 Å². The molecule has 0 spiro atoms. The third kappa shape index (κ3) is 8.64. The summed E-state index contributed by atoms with van der Waals surface area (Å²) >= 11 is 0. The molecule has 1 aromatic rings. The highest BCUT2D eigenvalue weighted by Crippen LogP contribution is 2.18. The molecule has 0 saturated heterocycles. The molecule has 1 rings (SSSR count). The fraction of sp³-hybridized carbons (Fsp3) is 0.400. The van der Waals surface area contributed by atoms with Crippen LogP contribution in [-0.4, -0.2) is 35.5 Å². The van der Waals surface area contributed by atoms with Crippen molar-refractivity contribution in [2.24, 2.45) is 5.73 Å². The third-order valence-electron chi connectivity index (χ3n) is 1.73. The molecule has 5 N–H and O–H groups in total. The van der Waals surface area contributed by atoms with Gasteiger partial charge in [-0.2, -0.15) is 8.42 Å². The maximum Gasteiger partial charge on any atom is 0.261 e. The Labute approximate surface area is 100 Å². The van der Waals surface area contributed by atoms with E-state index >= 15 is 0 Å². The number of hydrogen-bond acceptors (Lipinski definition) is 5. The van der Waals surface area contributed by atoms with Crippen LogP contribution in [0.2, 0.25) is 0 Å². The van der Waals surface area contributed by atoms with Gasteiger partial charge in [-0.25, -0.2) is 0 Å². The second-order valence-electron chi connectivity index (χ2n) is 3.63. The number of aromatic hydroxyl groups is 1. The standard InChI is InChI=1S/C9H13NO2.CH4O3S/c1-6(10)9(12)7-2-4-8(11)5-3-7;1-5(2,3)4/h2-6,9,11-12H,10H2,1H3;1H3,(H,2,3,4)/t6-,9-;/m0./s1. The van der Waals surface area contributed by atoms with Crippen molar-refractivity contribution < 1.29 is 23.2 Å². The van der Waals surface area contributed by atoms with E-state index in [-0.39, 0.29) is 11.8 Å². The number of phenols is 1. The normalized spacial score (nSPS) is 14.4. The maximum atomic E-state index is 9.48. The van der Waals surface area contributed by atoms with Gasteiger partial charge in [0.15, 0.2) is 0 Å².